The zero-order valence-electron chi connectivity index (χ0n) is 19.4. The van der Waals surface area contributed by atoms with Crippen LogP contribution in [0.15, 0.2) is 36.5 Å². The van der Waals surface area contributed by atoms with Gasteiger partial charge in [0.15, 0.2) is 6.29 Å². The normalized spacial score (nSPS) is 21.4. The number of aromatic nitrogens is 1. The zero-order chi connectivity index (χ0) is 22.9. The van der Waals surface area contributed by atoms with Crippen molar-refractivity contribution in [3.63, 3.8) is 0 Å². The molecular formula is C26H34N2O5. The molecule has 2 heterocycles. The van der Waals surface area contributed by atoms with Crippen molar-refractivity contribution in [3.05, 3.63) is 47.7 Å². The third kappa shape index (κ3) is 6.24. The molecule has 178 valence electrons. The minimum atomic E-state index is 0.360. The number of ether oxygens (including phenoxy) is 4. The van der Waals surface area contributed by atoms with Gasteiger partial charge in [0.25, 0.3) is 0 Å². The van der Waals surface area contributed by atoms with E-state index in [0.29, 0.717) is 42.2 Å². The molecule has 7 nitrogen and oxygen atoms in total. The van der Waals surface area contributed by atoms with E-state index in [4.69, 9.17) is 18.9 Å². The summed E-state index contributed by atoms with van der Waals surface area (Å²) in [6, 6.07) is 9.91. The molecule has 2 atom stereocenters. The number of carbonyl (C=O) groups excluding carboxylic acids is 1. The zero-order valence-corrected chi connectivity index (χ0v) is 19.4. The quantitative estimate of drug-likeness (QED) is 0.503. The van der Waals surface area contributed by atoms with Crippen LogP contribution < -0.4 is 14.2 Å². The van der Waals surface area contributed by atoms with Gasteiger partial charge < -0.3 is 18.9 Å². The topological polar surface area (TPSA) is 70.1 Å². The highest BCUT2D eigenvalue weighted by atomic mass is 16.5. The summed E-state index contributed by atoms with van der Waals surface area (Å²) in [5, 5.41) is 0. The van der Waals surface area contributed by atoms with Crippen molar-refractivity contribution < 1.29 is 23.7 Å². The molecule has 0 radical (unpaired) electrons. The molecule has 1 aromatic carbocycles. The van der Waals surface area contributed by atoms with Crippen LogP contribution >= 0.6 is 0 Å². The second kappa shape index (κ2) is 12.0. The number of hydrogen-bond donors (Lipinski definition) is 0. The van der Waals surface area contributed by atoms with Crippen LogP contribution in [-0.2, 0) is 4.74 Å². The minimum absolute atomic E-state index is 0.360. The fourth-order valence-electron chi connectivity index (χ4n) is 4.82. The Hall–Kier alpha value is -2.64. The molecule has 33 heavy (non-hydrogen) atoms. The van der Waals surface area contributed by atoms with Gasteiger partial charge in [-0.15, -0.1) is 0 Å². The van der Waals surface area contributed by atoms with E-state index < -0.39 is 0 Å². The molecule has 2 aromatic rings. The highest BCUT2D eigenvalue weighted by Crippen LogP contribution is 2.41. The van der Waals surface area contributed by atoms with Crippen LogP contribution in [0.3, 0.4) is 0 Å². The van der Waals surface area contributed by atoms with Gasteiger partial charge in [-0.3, -0.25) is 9.69 Å². The van der Waals surface area contributed by atoms with Gasteiger partial charge >= 0.3 is 0 Å². The Morgan fingerprint density at radius 3 is 2.76 bits per heavy atom. The Morgan fingerprint density at radius 1 is 1.12 bits per heavy atom. The maximum Gasteiger partial charge on any atom is 0.214 e. The number of morpholine rings is 1. The van der Waals surface area contributed by atoms with Gasteiger partial charge in [-0.2, -0.15) is 0 Å². The lowest BCUT2D eigenvalue weighted by atomic mass is 9.75. The van der Waals surface area contributed by atoms with E-state index in [1.807, 2.05) is 12.1 Å². The number of rotatable bonds is 10. The second-order valence-electron chi connectivity index (χ2n) is 8.68. The number of nitrogens with zero attached hydrogens (tertiary/aromatic N) is 2. The van der Waals surface area contributed by atoms with Crippen LogP contribution in [0.25, 0.3) is 0 Å². The Kier molecular flexibility index (Phi) is 8.55. The van der Waals surface area contributed by atoms with Gasteiger partial charge in [0, 0.05) is 25.7 Å². The number of benzene rings is 1. The molecule has 2 unspecified atom stereocenters. The first-order valence-electron chi connectivity index (χ1n) is 11.9. The van der Waals surface area contributed by atoms with E-state index in [1.165, 1.54) is 18.4 Å². The predicted octanol–water partition coefficient (Wildman–Crippen LogP) is 3.97. The number of hydrogen-bond acceptors (Lipinski definition) is 7. The summed E-state index contributed by atoms with van der Waals surface area (Å²) in [5.74, 6) is 2.63. The van der Waals surface area contributed by atoms with Crippen molar-refractivity contribution in [1.82, 2.24) is 9.88 Å². The van der Waals surface area contributed by atoms with Crippen LogP contribution in [-0.4, -0.2) is 69.3 Å². The summed E-state index contributed by atoms with van der Waals surface area (Å²) in [6.07, 6.45) is 7.02. The van der Waals surface area contributed by atoms with Crippen molar-refractivity contribution in [2.45, 2.75) is 31.6 Å². The van der Waals surface area contributed by atoms with Gasteiger partial charge in [0.1, 0.15) is 18.1 Å². The van der Waals surface area contributed by atoms with Gasteiger partial charge in [-0.25, -0.2) is 4.98 Å². The summed E-state index contributed by atoms with van der Waals surface area (Å²) >= 11 is 0. The van der Waals surface area contributed by atoms with E-state index >= 15 is 0 Å². The molecule has 7 heteroatoms. The average Bonchev–Trinajstić information content (AvgIpc) is 2.88. The number of pyridine rings is 1. The maximum atomic E-state index is 11.7. The lowest BCUT2D eigenvalue weighted by molar-refractivity contribution is 0.0320. The predicted molar refractivity (Wildman–Crippen MR) is 126 cm³/mol. The third-order valence-corrected chi connectivity index (χ3v) is 6.66. The van der Waals surface area contributed by atoms with E-state index in [9.17, 15) is 4.79 Å². The van der Waals surface area contributed by atoms with Crippen LogP contribution in [0.4, 0.5) is 0 Å². The summed E-state index contributed by atoms with van der Waals surface area (Å²) in [5.41, 5.74) is 1.71. The van der Waals surface area contributed by atoms with E-state index in [-0.39, 0.29) is 0 Å². The number of aldehydes is 1. The van der Waals surface area contributed by atoms with Crippen molar-refractivity contribution >= 4 is 6.29 Å². The molecule has 0 amide bonds. The first kappa shape index (κ1) is 23.5. The molecule has 1 aliphatic carbocycles. The van der Waals surface area contributed by atoms with Crippen LogP contribution in [0, 0.1) is 5.92 Å². The maximum absolute atomic E-state index is 11.7. The van der Waals surface area contributed by atoms with Gasteiger partial charge in [0.2, 0.25) is 5.88 Å². The van der Waals surface area contributed by atoms with Crippen LogP contribution in [0.2, 0.25) is 0 Å². The Morgan fingerprint density at radius 2 is 1.94 bits per heavy atom. The number of carbonyl (C=O) groups is 1. The van der Waals surface area contributed by atoms with E-state index in [1.54, 1.807) is 19.4 Å². The Labute approximate surface area is 196 Å². The second-order valence-corrected chi connectivity index (χ2v) is 8.68. The molecule has 0 bridgehead atoms. The average molecular weight is 455 g/mol. The summed E-state index contributed by atoms with van der Waals surface area (Å²) in [7, 11) is 1.72. The first-order valence-corrected chi connectivity index (χ1v) is 11.9. The summed E-state index contributed by atoms with van der Waals surface area (Å²) in [4.78, 5) is 18.4. The molecule has 1 aromatic heterocycles. The lowest BCUT2D eigenvalue weighted by Gasteiger charge is -2.32. The Balaban J connectivity index is 1.36. The number of methoxy groups -OCH3 is 1. The molecule has 1 saturated carbocycles. The molecule has 1 saturated heterocycles. The fourth-order valence-corrected chi connectivity index (χ4v) is 4.82. The van der Waals surface area contributed by atoms with Crippen molar-refractivity contribution in [1.29, 1.82) is 0 Å². The highest BCUT2D eigenvalue weighted by molar-refractivity contribution is 5.79. The monoisotopic (exact) mass is 454 g/mol. The van der Waals surface area contributed by atoms with E-state index in [0.717, 1.165) is 57.7 Å². The minimum Gasteiger partial charge on any atom is -0.496 e. The molecule has 2 aliphatic rings. The molecule has 0 N–H and O–H groups in total. The van der Waals surface area contributed by atoms with Gasteiger partial charge in [0.05, 0.1) is 38.7 Å². The molecule has 0 spiro atoms. The van der Waals surface area contributed by atoms with Crippen LogP contribution in [0.1, 0.15) is 47.5 Å². The first-order chi connectivity index (χ1) is 16.3. The molecular weight excluding hydrogens is 420 g/mol. The number of para-hydroxylation sites is 1. The third-order valence-electron chi connectivity index (χ3n) is 6.66. The van der Waals surface area contributed by atoms with Crippen molar-refractivity contribution in [3.8, 4) is 17.4 Å². The van der Waals surface area contributed by atoms with Crippen molar-refractivity contribution in [2.75, 3.05) is 53.2 Å². The molecule has 2 fully saturated rings. The lowest BCUT2D eigenvalue weighted by Crippen LogP contribution is -2.38. The summed E-state index contributed by atoms with van der Waals surface area (Å²) < 4.78 is 22.9. The largest absolute Gasteiger partial charge is 0.496 e. The van der Waals surface area contributed by atoms with Crippen molar-refractivity contribution in [2.24, 2.45) is 5.92 Å². The van der Waals surface area contributed by atoms with E-state index in [2.05, 4.69) is 22.0 Å². The standard InChI is InChI=1S/C26H34N2O5/c1-30-24-9-5-4-8-23(24)22-7-3-2-6-20(22)19-33-25-17-27-26(16-21(25)18-29)32-15-12-28-10-13-31-14-11-28/h4-5,8-9,16-18,20,22H,2-3,6-7,10-15,19H2,1H3. The van der Waals surface area contributed by atoms with Gasteiger partial charge in [-0.1, -0.05) is 31.0 Å². The molecule has 1 aliphatic heterocycles. The highest BCUT2D eigenvalue weighted by Gasteiger charge is 2.29. The smallest absolute Gasteiger partial charge is 0.214 e. The van der Waals surface area contributed by atoms with Gasteiger partial charge in [-0.05, 0) is 36.3 Å². The van der Waals surface area contributed by atoms with Crippen LogP contribution in [0.5, 0.6) is 17.4 Å². The Bertz CT molecular complexity index is 900. The fraction of sp³-hybridized carbons (Fsp3) is 0.538. The molecule has 4 rings (SSSR count). The SMILES string of the molecule is COc1ccccc1C1CCCCC1COc1cnc(OCCN2CCOCC2)cc1C=O. The summed E-state index contributed by atoms with van der Waals surface area (Å²) in [6.45, 7) is 5.24.